The third-order valence-corrected chi connectivity index (χ3v) is 3.63. The number of halogens is 3. The Morgan fingerprint density at radius 2 is 2.05 bits per heavy atom. The van der Waals surface area contributed by atoms with Crippen LogP contribution in [-0.2, 0) is 6.42 Å². The largest absolute Gasteiger partial charge is 0.294 e. The summed E-state index contributed by atoms with van der Waals surface area (Å²) in [7, 11) is 0. The first-order valence-corrected chi connectivity index (χ1v) is 6.88. The molecule has 4 heteroatoms. The number of rotatable bonds is 3. The second-order valence-corrected chi connectivity index (χ2v) is 5.62. The molecule has 0 N–H and O–H groups in total. The van der Waals surface area contributed by atoms with Crippen molar-refractivity contribution >= 4 is 33.3 Å². The highest BCUT2D eigenvalue weighted by atomic mass is 79.9. The van der Waals surface area contributed by atoms with E-state index in [0.29, 0.717) is 11.1 Å². The van der Waals surface area contributed by atoms with Gasteiger partial charge in [-0.1, -0.05) is 39.7 Å². The van der Waals surface area contributed by atoms with E-state index in [4.69, 9.17) is 11.6 Å². The van der Waals surface area contributed by atoms with Crippen molar-refractivity contribution in [3.05, 3.63) is 68.4 Å². The van der Waals surface area contributed by atoms with Gasteiger partial charge in [-0.25, -0.2) is 4.39 Å². The van der Waals surface area contributed by atoms with E-state index in [1.165, 1.54) is 6.07 Å². The number of hydrogen-bond acceptors (Lipinski definition) is 1. The third-order valence-electron chi connectivity index (χ3n) is 2.75. The molecule has 0 unspecified atom stereocenters. The van der Waals surface area contributed by atoms with Gasteiger partial charge in [0.05, 0.1) is 5.02 Å². The summed E-state index contributed by atoms with van der Waals surface area (Å²) in [6.07, 6.45) is 0.0898. The molecule has 0 atom stereocenters. The Bertz CT molecular complexity index is 620. The summed E-state index contributed by atoms with van der Waals surface area (Å²) in [6.45, 7) is 1.91. The van der Waals surface area contributed by atoms with Gasteiger partial charge in [0.2, 0.25) is 0 Å². The predicted molar refractivity (Wildman–Crippen MR) is 78.3 cm³/mol. The Hall–Kier alpha value is -1.19. The maximum atomic E-state index is 13.3. The number of aryl methyl sites for hydroxylation is 1. The highest BCUT2D eigenvalue weighted by Gasteiger charge is 2.12. The topological polar surface area (TPSA) is 17.1 Å². The van der Waals surface area contributed by atoms with Gasteiger partial charge in [0.25, 0.3) is 0 Å². The van der Waals surface area contributed by atoms with Crippen molar-refractivity contribution in [3.63, 3.8) is 0 Å². The van der Waals surface area contributed by atoms with Crippen LogP contribution in [0.3, 0.4) is 0 Å². The second kappa shape index (κ2) is 5.85. The standard InChI is InChI=1S/C15H11BrClFO/c1-9-5-11(7-12(16)6-9)14(19)8-10-3-2-4-13(18)15(10)17/h2-7H,8H2,1H3. The molecule has 2 aromatic carbocycles. The van der Waals surface area contributed by atoms with Gasteiger partial charge in [0.1, 0.15) is 5.82 Å². The zero-order valence-corrected chi connectivity index (χ0v) is 12.6. The van der Waals surface area contributed by atoms with Crippen molar-refractivity contribution in [3.8, 4) is 0 Å². The Kier molecular flexibility index (Phi) is 4.38. The van der Waals surface area contributed by atoms with Crippen LogP contribution in [0.25, 0.3) is 0 Å². The first kappa shape index (κ1) is 14.2. The van der Waals surface area contributed by atoms with Gasteiger partial charge in [-0.3, -0.25) is 4.79 Å². The van der Waals surface area contributed by atoms with Crippen molar-refractivity contribution in [2.75, 3.05) is 0 Å². The third kappa shape index (κ3) is 3.43. The molecule has 0 bridgehead atoms. The average Bonchev–Trinajstić information content (AvgIpc) is 2.33. The van der Waals surface area contributed by atoms with Crippen molar-refractivity contribution in [2.24, 2.45) is 0 Å². The van der Waals surface area contributed by atoms with E-state index in [1.54, 1.807) is 24.3 Å². The number of ketones is 1. The second-order valence-electron chi connectivity index (χ2n) is 4.33. The maximum Gasteiger partial charge on any atom is 0.167 e. The zero-order valence-electron chi connectivity index (χ0n) is 10.2. The first-order valence-electron chi connectivity index (χ1n) is 5.70. The lowest BCUT2D eigenvalue weighted by Gasteiger charge is -2.06. The summed E-state index contributed by atoms with van der Waals surface area (Å²) in [5, 5.41) is 0.0163. The van der Waals surface area contributed by atoms with Crippen LogP contribution < -0.4 is 0 Å². The quantitative estimate of drug-likeness (QED) is 0.720. The highest BCUT2D eigenvalue weighted by Crippen LogP contribution is 2.22. The minimum Gasteiger partial charge on any atom is -0.294 e. The molecule has 0 saturated heterocycles. The fourth-order valence-electron chi connectivity index (χ4n) is 1.86. The van der Waals surface area contributed by atoms with Crippen molar-refractivity contribution in [1.29, 1.82) is 0 Å². The van der Waals surface area contributed by atoms with E-state index in [1.807, 2.05) is 13.0 Å². The van der Waals surface area contributed by atoms with Gasteiger partial charge in [-0.05, 0) is 42.3 Å². The minimum atomic E-state index is -0.502. The van der Waals surface area contributed by atoms with Crippen LogP contribution in [0.1, 0.15) is 21.5 Å². The molecule has 0 radical (unpaired) electrons. The number of carbonyl (C=O) groups excluding carboxylic acids is 1. The maximum absolute atomic E-state index is 13.3. The monoisotopic (exact) mass is 340 g/mol. The molecule has 0 saturated carbocycles. The van der Waals surface area contributed by atoms with Crippen LogP contribution in [0.15, 0.2) is 40.9 Å². The number of carbonyl (C=O) groups is 1. The molecule has 0 aliphatic carbocycles. The molecule has 98 valence electrons. The highest BCUT2D eigenvalue weighted by molar-refractivity contribution is 9.10. The van der Waals surface area contributed by atoms with Gasteiger partial charge >= 0.3 is 0 Å². The molecule has 0 fully saturated rings. The summed E-state index contributed by atoms with van der Waals surface area (Å²) < 4.78 is 14.2. The molecule has 0 aliphatic rings. The molecule has 19 heavy (non-hydrogen) atoms. The fourth-order valence-corrected chi connectivity index (χ4v) is 2.66. The van der Waals surface area contributed by atoms with Crippen LogP contribution in [0.5, 0.6) is 0 Å². The Labute approximate surface area is 124 Å². The van der Waals surface area contributed by atoms with E-state index in [9.17, 15) is 9.18 Å². The number of benzene rings is 2. The molecule has 0 amide bonds. The van der Waals surface area contributed by atoms with Gasteiger partial charge in [0.15, 0.2) is 5.78 Å². The summed E-state index contributed by atoms with van der Waals surface area (Å²) in [5.41, 5.74) is 2.08. The predicted octanol–water partition coefficient (Wildman–Crippen LogP) is 4.98. The fraction of sp³-hybridized carbons (Fsp3) is 0.133. The summed E-state index contributed by atoms with van der Waals surface area (Å²) in [6, 6.07) is 9.97. The van der Waals surface area contributed by atoms with Crippen LogP contribution in [0, 0.1) is 12.7 Å². The molecule has 0 spiro atoms. The minimum absolute atomic E-state index is 0.0163. The first-order chi connectivity index (χ1) is 8.97. The summed E-state index contributed by atoms with van der Waals surface area (Å²) in [4.78, 5) is 12.2. The smallest absolute Gasteiger partial charge is 0.167 e. The van der Waals surface area contributed by atoms with Crippen LogP contribution in [-0.4, -0.2) is 5.78 Å². The van der Waals surface area contributed by atoms with E-state index >= 15 is 0 Å². The normalized spacial score (nSPS) is 10.5. The van der Waals surface area contributed by atoms with Crippen LogP contribution in [0.4, 0.5) is 4.39 Å². The van der Waals surface area contributed by atoms with Gasteiger partial charge in [-0.15, -0.1) is 0 Å². The molecule has 2 aromatic rings. The van der Waals surface area contributed by atoms with E-state index < -0.39 is 5.82 Å². The lowest BCUT2D eigenvalue weighted by molar-refractivity contribution is 0.0993. The SMILES string of the molecule is Cc1cc(Br)cc(C(=O)Cc2cccc(F)c2Cl)c1. The molecule has 2 rings (SSSR count). The van der Waals surface area contributed by atoms with Crippen LogP contribution >= 0.6 is 27.5 Å². The van der Waals surface area contributed by atoms with Crippen molar-refractivity contribution in [2.45, 2.75) is 13.3 Å². The van der Waals surface area contributed by atoms with Crippen LogP contribution in [0.2, 0.25) is 5.02 Å². The Morgan fingerprint density at radius 1 is 1.32 bits per heavy atom. The molecular formula is C15H11BrClFO. The summed E-state index contributed by atoms with van der Waals surface area (Å²) in [5.74, 6) is -0.589. The molecule has 0 aliphatic heterocycles. The Balaban J connectivity index is 2.28. The van der Waals surface area contributed by atoms with E-state index in [2.05, 4.69) is 15.9 Å². The van der Waals surface area contributed by atoms with Gasteiger partial charge in [0, 0.05) is 16.5 Å². The van der Waals surface area contributed by atoms with Gasteiger partial charge < -0.3 is 0 Å². The van der Waals surface area contributed by atoms with Gasteiger partial charge in [-0.2, -0.15) is 0 Å². The number of hydrogen-bond donors (Lipinski definition) is 0. The molecule has 0 aromatic heterocycles. The van der Waals surface area contributed by atoms with E-state index in [0.717, 1.165) is 10.0 Å². The van der Waals surface area contributed by atoms with Crippen molar-refractivity contribution in [1.82, 2.24) is 0 Å². The van der Waals surface area contributed by atoms with Crippen molar-refractivity contribution < 1.29 is 9.18 Å². The zero-order chi connectivity index (χ0) is 14.0. The lowest BCUT2D eigenvalue weighted by Crippen LogP contribution is -2.05. The lowest BCUT2D eigenvalue weighted by atomic mass is 10.0. The molecule has 1 nitrogen and oxygen atoms in total. The molecule has 0 heterocycles. The molecular weight excluding hydrogens is 331 g/mol. The summed E-state index contributed by atoms with van der Waals surface area (Å²) >= 11 is 9.21. The Morgan fingerprint density at radius 3 is 2.74 bits per heavy atom. The average molecular weight is 342 g/mol. The number of Topliss-reactive ketones (excluding diaryl/α,β-unsaturated/α-hetero) is 1. The van der Waals surface area contributed by atoms with E-state index in [-0.39, 0.29) is 17.2 Å².